The predicted molar refractivity (Wildman–Crippen MR) is 124 cm³/mol. The minimum Gasteiger partial charge on any atom is -0.490 e. The van der Waals surface area contributed by atoms with Gasteiger partial charge >= 0.3 is 0 Å². The molecule has 0 unspecified atom stereocenters. The van der Waals surface area contributed by atoms with E-state index in [2.05, 4.69) is 29.5 Å². The molecule has 6 heteroatoms. The van der Waals surface area contributed by atoms with Crippen LogP contribution in [0, 0.1) is 20.8 Å². The summed E-state index contributed by atoms with van der Waals surface area (Å²) in [4.78, 5) is 0.160. The lowest BCUT2D eigenvalue weighted by molar-refractivity contribution is 0.269. The van der Waals surface area contributed by atoms with Crippen LogP contribution in [0.5, 0.6) is 11.5 Å². The number of ether oxygens (including phenoxy) is 2. The average Bonchev–Trinajstić information content (AvgIpc) is 2.74. The van der Waals surface area contributed by atoms with Gasteiger partial charge in [-0.1, -0.05) is 41.5 Å². The molecule has 0 radical (unpaired) electrons. The lowest BCUT2D eigenvalue weighted by Gasteiger charge is -2.14. The number of hydrogen-bond acceptors (Lipinski definition) is 4. The third kappa shape index (κ3) is 5.95. The monoisotopic (exact) mass is 437 g/mol. The van der Waals surface area contributed by atoms with Crippen molar-refractivity contribution < 1.29 is 17.9 Å². The Kier molecular flexibility index (Phi) is 7.13. The minimum absolute atomic E-state index is 0.160. The molecule has 0 aliphatic carbocycles. The molecular formula is C25H27NO4S. The third-order valence-electron chi connectivity index (χ3n) is 4.81. The molecule has 0 saturated carbocycles. The van der Waals surface area contributed by atoms with Crippen molar-refractivity contribution in [2.75, 3.05) is 6.61 Å². The van der Waals surface area contributed by atoms with Crippen molar-refractivity contribution in [1.82, 2.24) is 0 Å². The van der Waals surface area contributed by atoms with Crippen molar-refractivity contribution >= 4 is 16.2 Å². The Morgan fingerprint density at radius 2 is 1.55 bits per heavy atom. The average molecular weight is 438 g/mol. The minimum atomic E-state index is -3.77. The van der Waals surface area contributed by atoms with E-state index in [1.165, 1.54) is 11.8 Å². The molecule has 0 fully saturated rings. The van der Waals surface area contributed by atoms with E-state index in [4.69, 9.17) is 9.47 Å². The van der Waals surface area contributed by atoms with Gasteiger partial charge in [0, 0.05) is 6.21 Å². The van der Waals surface area contributed by atoms with Crippen LogP contribution in [0.25, 0.3) is 0 Å². The normalized spacial score (nSPS) is 11.6. The summed E-state index contributed by atoms with van der Waals surface area (Å²) in [6, 6.07) is 18.1. The predicted octanol–water partition coefficient (Wildman–Crippen LogP) is 5.40. The highest BCUT2D eigenvalue weighted by Gasteiger charge is 2.12. The van der Waals surface area contributed by atoms with E-state index >= 15 is 0 Å². The van der Waals surface area contributed by atoms with Gasteiger partial charge in [0.05, 0.1) is 11.5 Å². The second-order valence-electron chi connectivity index (χ2n) is 7.38. The van der Waals surface area contributed by atoms with Gasteiger partial charge in [-0.3, -0.25) is 0 Å². The largest absolute Gasteiger partial charge is 0.490 e. The van der Waals surface area contributed by atoms with Crippen LogP contribution in [0.15, 0.2) is 70.0 Å². The van der Waals surface area contributed by atoms with E-state index in [1.807, 2.05) is 20.8 Å². The van der Waals surface area contributed by atoms with Crippen LogP contribution in [0.1, 0.15) is 34.7 Å². The summed E-state index contributed by atoms with van der Waals surface area (Å²) in [5.41, 5.74) is 5.04. The van der Waals surface area contributed by atoms with E-state index in [-0.39, 0.29) is 4.90 Å². The van der Waals surface area contributed by atoms with E-state index in [9.17, 15) is 8.42 Å². The van der Waals surface area contributed by atoms with Gasteiger partial charge < -0.3 is 9.47 Å². The van der Waals surface area contributed by atoms with Gasteiger partial charge in [0.25, 0.3) is 10.0 Å². The maximum Gasteiger partial charge on any atom is 0.282 e. The number of sulfonamides is 1. The molecule has 5 nitrogen and oxygen atoms in total. The quantitative estimate of drug-likeness (QED) is 0.443. The first-order valence-corrected chi connectivity index (χ1v) is 11.6. The van der Waals surface area contributed by atoms with Gasteiger partial charge in [0.2, 0.25) is 0 Å². The molecule has 162 valence electrons. The fourth-order valence-electron chi connectivity index (χ4n) is 3.01. The zero-order chi connectivity index (χ0) is 22.4. The summed E-state index contributed by atoms with van der Waals surface area (Å²) in [5.74, 6) is 1.14. The topological polar surface area (TPSA) is 65.0 Å². The second-order valence-corrected chi connectivity index (χ2v) is 9.01. The molecule has 0 amide bonds. The van der Waals surface area contributed by atoms with Crippen molar-refractivity contribution in [3.63, 3.8) is 0 Å². The van der Waals surface area contributed by atoms with E-state index in [0.29, 0.717) is 30.3 Å². The fourth-order valence-corrected chi connectivity index (χ4v) is 3.87. The lowest BCUT2D eigenvalue weighted by atomic mass is 10.1. The Labute approximate surface area is 184 Å². The summed E-state index contributed by atoms with van der Waals surface area (Å²) < 4.78 is 40.5. The van der Waals surface area contributed by atoms with Crippen LogP contribution in [0.3, 0.4) is 0 Å². The summed E-state index contributed by atoms with van der Waals surface area (Å²) in [6.45, 7) is 8.77. The molecule has 3 aromatic carbocycles. The first-order valence-electron chi connectivity index (χ1n) is 10.1. The molecule has 0 bridgehead atoms. The second kappa shape index (κ2) is 9.79. The summed E-state index contributed by atoms with van der Waals surface area (Å²) in [7, 11) is -3.77. The van der Waals surface area contributed by atoms with Crippen LogP contribution in [-0.4, -0.2) is 21.2 Å². The number of hydrogen-bond donors (Lipinski definition) is 0. The van der Waals surface area contributed by atoms with Crippen LogP contribution in [-0.2, 0) is 16.6 Å². The first kappa shape index (κ1) is 22.6. The molecule has 3 rings (SSSR count). The van der Waals surface area contributed by atoms with Gasteiger partial charge in [-0.2, -0.15) is 12.8 Å². The number of aryl methyl sites for hydroxylation is 3. The van der Waals surface area contributed by atoms with Crippen LogP contribution < -0.4 is 9.47 Å². The molecule has 0 aliphatic heterocycles. The molecule has 31 heavy (non-hydrogen) atoms. The molecule has 0 spiro atoms. The standard InChI is InChI=1S/C25H27NO4S/c1-5-29-25-15-21(16-26-31(27,28)23-11-7-18(2)8-12-23)10-13-24(25)30-17-22-14-19(3)6-9-20(22)4/h6-16H,5,17H2,1-4H3/b26-16-. The summed E-state index contributed by atoms with van der Waals surface area (Å²) in [5, 5.41) is 0. The zero-order valence-electron chi connectivity index (χ0n) is 18.3. The smallest absolute Gasteiger partial charge is 0.282 e. The Morgan fingerprint density at radius 1 is 0.839 bits per heavy atom. The van der Waals surface area contributed by atoms with Crippen molar-refractivity contribution in [1.29, 1.82) is 0 Å². The molecule has 0 saturated heterocycles. The molecule has 0 N–H and O–H groups in total. The fraction of sp³-hybridized carbons (Fsp3) is 0.240. The molecule has 0 heterocycles. The molecule has 0 aromatic heterocycles. The van der Waals surface area contributed by atoms with Gasteiger partial charge in [-0.15, -0.1) is 0 Å². The van der Waals surface area contributed by atoms with Crippen LogP contribution in [0.4, 0.5) is 0 Å². The zero-order valence-corrected chi connectivity index (χ0v) is 19.1. The number of benzene rings is 3. The van der Waals surface area contributed by atoms with Crippen LogP contribution in [0.2, 0.25) is 0 Å². The molecular weight excluding hydrogens is 410 g/mol. The SMILES string of the molecule is CCOc1cc(/C=N\S(=O)(=O)c2ccc(C)cc2)ccc1OCc1cc(C)ccc1C. The third-order valence-corrected chi connectivity index (χ3v) is 6.07. The van der Waals surface area contributed by atoms with Gasteiger partial charge in [0.15, 0.2) is 11.5 Å². The number of rotatable bonds is 8. The maximum atomic E-state index is 12.5. The Hall–Kier alpha value is -3.12. The van der Waals surface area contributed by atoms with Crippen molar-refractivity contribution in [3.05, 3.63) is 88.5 Å². The van der Waals surface area contributed by atoms with E-state index in [1.54, 1.807) is 42.5 Å². The Morgan fingerprint density at radius 3 is 2.26 bits per heavy atom. The molecule has 0 atom stereocenters. The summed E-state index contributed by atoms with van der Waals surface area (Å²) in [6.07, 6.45) is 1.33. The molecule has 0 aliphatic rings. The van der Waals surface area contributed by atoms with Gasteiger partial charge in [-0.05, 0) is 74.7 Å². The highest BCUT2D eigenvalue weighted by molar-refractivity contribution is 7.90. The summed E-state index contributed by atoms with van der Waals surface area (Å²) >= 11 is 0. The lowest BCUT2D eigenvalue weighted by Crippen LogP contribution is -2.02. The number of nitrogens with zero attached hydrogens (tertiary/aromatic N) is 1. The van der Waals surface area contributed by atoms with Crippen molar-refractivity contribution in [2.24, 2.45) is 4.40 Å². The van der Waals surface area contributed by atoms with E-state index in [0.717, 1.165) is 16.7 Å². The van der Waals surface area contributed by atoms with Crippen molar-refractivity contribution in [2.45, 2.75) is 39.2 Å². The van der Waals surface area contributed by atoms with Crippen molar-refractivity contribution in [3.8, 4) is 11.5 Å². The van der Waals surface area contributed by atoms with Gasteiger partial charge in [0.1, 0.15) is 6.61 Å². The maximum absolute atomic E-state index is 12.5. The Bertz CT molecular complexity index is 1180. The Balaban J connectivity index is 1.80. The highest BCUT2D eigenvalue weighted by atomic mass is 32.2. The highest BCUT2D eigenvalue weighted by Crippen LogP contribution is 2.29. The molecule has 3 aromatic rings. The van der Waals surface area contributed by atoms with Gasteiger partial charge in [-0.25, -0.2) is 0 Å². The first-order chi connectivity index (χ1) is 14.8. The van der Waals surface area contributed by atoms with E-state index < -0.39 is 10.0 Å². The van der Waals surface area contributed by atoms with Crippen LogP contribution >= 0.6 is 0 Å².